The minimum atomic E-state index is -0.894. The highest BCUT2D eigenvalue weighted by Crippen LogP contribution is 2.14. The van der Waals surface area contributed by atoms with E-state index in [4.69, 9.17) is 5.26 Å². The molecule has 1 rings (SSSR count). The minimum absolute atomic E-state index is 0.0386. The van der Waals surface area contributed by atoms with Gasteiger partial charge < -0.3 is 0 Å². The first-order valence-electron chi connectivity index (χ1n) is 3.33. The molecule has 1 unspecified atom stereocenters. The SMILES string of the molecule is CC(C)N1N=CN(F)C1C#N. The molecule has 60 valence electrons. The Labute approximate surface area is 64.4 Å². The molecule has 0 N–H and O–H groups in total. The van der Waals surface area contributed by atoms with Crippen molar-refractivity contribution in [3.8, 4) is 6.07 Å². The van der Waals surface area contributed by atoms with E-state index >= 15 is 0 Å². The second kappa shape index (κ2) is 2.74. The topological polar surface area (TPSA) is 42.6 Å². The van der Waals surface area contributed by atoms with Gasteiger partial charge in [-0.3, -0.25) is 5.01 Å². The summed E-state index contributed by atoms with van der Waals surface area (Å²) in [6.07, 6.45) is 0.114. The highest BCUT2D eigenvalue weighted by atomic mass is 19.2. The van der Waals surface area contributed by atoms with Crippen LogP contribution >= 0.6 is 0 Å². The van der Waals surface area contributed by atoms with Crippen LogP contribution in [-0.4, -0.2) is 28.7 Å². The molecular weight excluding hydrogens is 147 g/mol. The third-order valence-electron chi connectivity index (χ3n) is 1.42. The number of nitriles is 1. The molecule has 0 saturated heterocycles. The van der Waals surface area contributed by atoms with Crippen molar-refractivity contribution in [2.75, 3.05) is 0 Å². The number of rotatable bonds is 1. The Balaban J connectivity index is 2.70. The van der Waals surface area contributed by atoms with Crippen molar-refractivity contribution in [1.29, 1.82) is 5.26 Å². The van der Waals surface area contributed by atoms with E-state index in [0.29, 0.717) is 5.12 Å². The van der Waals surface area contributed by atoms with E-state index in [1.807, 2.05) is 13.8 Å². The summed E-state index contributed by atoms with van der Waals surface area (Å²) in [4.78, 5) is 0. The van der Waals surface area contributed by atoms with Crippen LogP contribution in [-0.2, 0) is 0 Å². The smallest absolute Gasteiger partial charge is 0.236 e. The maximum absolute atomic E-state index is 12.6. The van der Waals surface area contributed by atoms with Crippen LogP contribution in [0.2, 0.25) is 0 Å². The Bertz CT molecular complexity index is 207. The Kier molecular flexibility index (Phi) is 1.94. The molecular formula is C6H9FN4. The van der Waals surface area contributed by atoms with Crippen molar-refractivity contribution < 1.29 is 4.48 Å². The summed E-state index contributed by atoms with van der Waals surface area (Å²) >= 11 is 0. The van der Waals surface area contributed by atoms with Crippen LogP contribution < -0.4 is 0 Å². The van der Waals surface area contributed by atoms with Crippen LogP contribution in [0.4, 0.5) is 4.48 Å². The van der Waals surface area contributed by atoms with Gasteiger partial charge in [0.05, 0.1) is 0 Å². The first-order chi connectivity index (χ1) is 5.16. The lowest BCUT2D eigenvalue weighted by Gasteiger charge is -2.22. The molecule has 0 bridgehead atoms. The van der Waals surface area contributed by atoms with Crippen molar-refractivity contribution in [1.82, 2.24) is 10.1 Å². The monoisotopic (exact) mass is 156 g/mol. The van der Waals surface area contributed by atoms with Crippen molar-refractivity contribution in [3.63, 3.8) is 0 Å². The van der Waals surface area contributed by atoms with Gasteiger partial charge in [0.15, 0.2) is 0 Å². The van der Waals surface area contributed by atoms with Gasteiger partial charge in [-0.1, -0.05) is 4.48 Å². The molecule has 0 aromatic rings. The average Bonchev–Trinajstić information content (AvgIpc) is 2.30. The Morgan fingerprint density at radius 3 is 2.73 bits per heavy atom. The summed E-state index contributed by atoms with van der Waals surface area (Å²) in [6.45, 7) is 3.70. The highest BCUT2D eigenvalue weighted by molar-refractivity contribution is 5.56. The number of halogens is 1. The molecule has 0 spiro atoms. The van der Waals surface area contributed by atoms with Crippen molar-refractivity contribution in [2.45, 2.75) is 26.1 Å². The number of hydrazone groups is 1. The van der Waals surface area contributed by atoms with E-state index in [1.54, 1.807) is 6.07 Å². The van der Waals surface area contributed by atoms with Crippen LogP contribution in [0.5, 0.6) is 0 Å². The summed E-state index contributed by atoms with van der Waals surface area (Å²) in [5, 5.41) is 13.9. The molecule has 0 saturated carbocycles. The third kappa shape index (κ3) is 1.24. The quantitative estimate of drug-likeness (QED) is 0.524. The van der Waals surface area contributed by atoms with E-state index in [-0.39, 0.29) is 6.04 Å². The van der Waals surface area contributed by atoms with Gasteiger partial charge in [-0.25, -0.2) is 0 Å². The normalized spacial score (nSPS) is 23.0. The Morgan fingerprint density at radius 2 is 2.36 bits per heavy atom. The standard InChI is InChI=1S/C6H9FN4/c1-5(2)11-6(3-8)10(7)4-9-11/h4-6H,1-2H3. The molecule has 1 aliphatic rings. The number of hydrogen-bond donors (Lipinski definition) is 0. The highest BCUT2D eigenvalue weighted by Gasteiger charge is 2.29. The summed E-state index contributed by atoms with van der Waals surface area (Å²) in [5.41, 5.74) is 0. The van der Waals surface area contributed by atoms with Gasteiger partial charge in [0.25, 0.3) is 0 Å². The van der Waals surface area contributed by atoms with E-state index in [1.165, 1.54) is 5.01 Å². The molecule has 0 fully saturated rings. The average molecular weight is 156 g/mol. The van der Waals surface area contributed by atoms with Gasteiger partial charge in [-0.15, -0.1) is 0 Å². The summed E-state index contributed by atoms with van der Waals surface area (Å²) in [5.74, 6) is 0. The molecule has 0 radical (unpaired) electrons. The molecule has 1 atom stereocenters. The maximum Gasteiger partial charge on any atom is 0.236 e. The van der Waals surface area contributed by atoms with Gasteiger partial charge >= 0.3 is 0 Å². The second-order valence-electron chi connectivity index (χ2n) is 2.55. The van der Waals surface area contributed by atoms with Crippen molar-refractivity contribution in [2.24, 2.45) is 5.10 Å². The Hall–Kier alpha value is -1.31. The first-order valence-corrected chi connectivity index (χ1v) is 3.33. The summed E-state index contributed by atoms with van der Waals surface area (Å²) in [7, 11) is 0. The summed E-state index contributed by atoms with van der Waals surface area (Å²) in [6, 6.07) is 1.84. The zero-order valence-electron chi connectivity index (χ0n) is 6.40. The molecule has 5 heteroatoms. The van der Waals surface area contributed by atoms with Gasteiger partial charge in [-0.2, -0.15) is 15.5 Å². The zero-order chi connectivity index (χ0) is 8.43. The molecule has 11 heavy (non-hydrogen) atoms. The molecule has 0 aromatic heterocycles. The van der Waals surface area contributed by atoms with E-state index < -0.39 is 6.17 Å². The van der Waals surface area contributed by atoms with Crippen molar-refractivity contribution >= 4 is 6.34 Å². The molecule has 1 aliphatic heterocycles. The van der Waals surface area contributed by atoms with Gasteiger partial charge in [-0.05, 0) is 13.8 Å². The fourth-order valence-electron chi connectivity index (χ4n) is 0.878. The number of nitrogens with zero attached hydrogens (tertiary/aromatic N) is 4. The lowest BCUT2D eigenvalue weighted by molar-refractivity contribution is 0.0242. The molecule has 0 aromatic carbocycles. The molecule has 1 heterocycles. The molecule has 0 amide bonds. The van der Waals surface area contributed by atoms with Crippen LogP contribution in [0.1, 0.15) is 13.8 Å². The predicted octanol–water partition coefficient (Wildman–Crippen LogP) is 0.690. The van der Waals surface area contributed by atoms with E-state index in [9.17, 15) is 4.48 Å². The van der Waals surface area contributed by atoms with Crippen LogP contribution in [0, 0.1) is 11.3 Å². The van der Waals surface area contributed by atoms with E-state index in [2.05, 4.69) is 5.10 Å². The van der Waals surface area contributed by atoms with Crippen LogP contribution in [0.15, 0.2) is 5.10 Å². The van der Waals surface area contributed by atoms with Crippen LogP contribution in [0.25, 0.3) is 0 Å². The maximum atomic E-state index is 12.6. The third-order valence-corrected chi connectivity index (χ3v) is 1.42. The molecule has 0 aliphatic carbocycles. The zero-order valence-corrected chi connectivity index (χ0v) is 6.40. The second-order valence-corrected chi connectivity index (χ2v) is 2.55. The fraction of sp³-hybridized carbons (Fsp3) is 0.667. The van der Waals surface area contributed by atoms with E-state index in [0.717, 1.165) is 6.34 Å². The summed E-state index contributed by atoms with van der Waals surface area (Å²) < 4.78 is 12.6. The first kappa shape index (κ1) is 7.79. The minimum Gasteiger partial charge on any atom is -0.255 e. The predicted molar refractivity (Wildman–Crippen MR) is 37.8 cm³/mol. The number of hydrogen-bond acceptors (Lipinski definition) is 4. The fourth-order valence-corrected chi connectivity index (χ4v) is 0.878. The van der Waals surface area contributed by atoms with Gasteiger partial charge in [0, 0.05) is 6.04 Å². The molecule has 4 nitrogen and oxygen atoms in total. The van der Waals surface area contributed by atoms with Gasteiger partial charge in [0.1, 0.15) is 12.4 Å². The lowest BCUT2D eigenvalue weighted by atomic mass is 10.3. The largest absolute Gasteiger partial charge is 0.255 e. The van der Waals surface area contributed by atoms with Gasteiger partial charge in [0.2, 0.25) is 6.17 Å². The van der Waals surface area contributed by atoms with Crippen LogP contribution in [0.3, 0.4) is 0 Å². The van der Waals surface area contributed by atoms with Crippen molar-refractivity contribution in [3.05, 3.63) is 0 Å². The lowest BCUT2D eigenvalue weighted by Crippen LogP contribution is -2.37. The Morgan fingerprint density at radius 1 is 1.73 bits per heavy atom.